The van der Waals surface area contributed by atoms with Crippen molar-refractivity contribution in [2.75, 3.05) is 0 Å². The summed E-state index contributed by atoms with van der Waals surface area (Å²) >= 11 is 0. The molecule has 86 valence electrons. The fraction of sp³-hybridized carbons (Fsp3) is 0.182. The van der Waals surface area contributed by atoms with Crippen LogP contribution in [0.2, 0.25) is 0 Å². The zero-order chi connectivity index (χ0) is 12.6. The summed E-state index contributed by atoms with van der Waals surface area (Å²) in [6.45, 7) is 1.93. The second-order valence-corrected chi connectivity index (χ2v) is 2.74. The highest BCUT2D eigenvalue weighted by Crippen LogP contribution is 1.98. The average Bonchev–Trinajstić information content (AvgIpc) is 2.21. The van der Waals surface area contributed by atoms with Crippen molar-refractivity contribution in [2.45, 2.75) is 13.3 Å². The highest BCUT2D eigenvalue weighted by molar-refractivity contribution is 6.45. The van der Waals surface area contributed by atoms with E-state index in [1.807, 2.05) is 13.0 Å². The highest BCUT2D eigenvalue weighted by Gasteiger charge is 2.22. The Hall–Kier alpha value is -2.17. The molecule has 0 atom stereocenters. The van der Waals surface area contributed by atoms with Crippen molar-refractivity contribution < 1.29 is 24.6 Å². The van der Waals surface area contributed by atoms with E-state index in [9.17, 15) is 14.4 Å². The van der Waals surface area contributed by atoms with Gasteiger partial charge in [0.25, 0.3) is 5.78 Å². The van der Waals surface area contributed by atoms with Gasteiger partial charge in [0.15, 0.2) is 0 Å². The van der Waals surface area contributed by atoms with Crippen LogP contribution < -0.4 is 0 Å². The maximum absolute atomic E-state index is 10.9. The molecule has 0 saturated heterocycles. The molecule has 0 bridgehead atoms. The third-order valence-corrected chi connectivity index (χ3v) is 1.53. The summed E-state index contributed by atoms with van der Waals surface area (Å²) < 4.78 is 0. The van der Waals surface area contributed by atoms with Gasteiger partial charge < -0.3 is 10.2 Å². The standard InChI is InChI=1S/C11H12O5/c1-2-3-4-5-6-7-8(10(13)14)9(12)11(15)16/h3-7H,2H2,1H3,(H,13,14)(H,15,16). The second-order valence-electron chi connectivity index (χ2n) is 2.74. The molecule has 0 aromatic carbocycles. The van der Waals surface area contributed by atoms with E-state index in [1.165, 1.54) is 12.2 Å². The number of carbonyl (C=O) groups is 3. The first-order chi connectivity index (χ1) is 7.50. The second kappa shape index (κ2) is 7.17. The summed E-state index contributed by atoms with van der Waals surface area (Å²) in [6.07, 6.45) is 8.09. The van der Waals surface area contributed by atoms with E-state index in [0.717, 1.165) is 12.5 Å². The lowest BCUT2D eigenvalue weighted by atomic mass is 10.1. The predicted octanol–water partition coefficient (Wildman–Crippen LogP) is 1.17. The molecule has 0 saturated carbocycles. The molecule has 5 heteroatoms. The third kappa shape index (κ3) is 4.90. The van der Waals surface area contributed by atoms with Crippen molar-refractivity contribution in [2.24, 2.45) is 0 Å². The number of carbonyl (C=O) groups excluding carboxylic acids is 1. The van der Waals surface area contributed by atoms with Crippen LogP contribution in [0.4, 0.5) is 0 Å². The lowest BCUT2D eigenvalue weighted by Gasteiger charge is -1.93. The number of Topliss-reactive ketones (excluding diaryl/α,β-unsaturated/α-hetero) is 1. The topological polar surface area (TPSA) is 91.7 Å². The minimum Gasteiger partial charge on any atom is -0.478 e. The number of ketones is 1. The molecule has 0 aromatic heterocycles. The van der Waals surface area contributed by atoms with E-state index in [2.05, 4.69) is 0 Å². The maximum atomic E-state index is 10.9. The van der Waals surface area contributed by atoms with Crippen LogP contribution in [0.15, 0.2) is 36.0 Å². The van der Waals surface area contributed by atoms with Crippen molar-refractivity contribution in [3.8, 4) is 0 Å². The maximum Gasteiger partial charge on any atom is 0.377 e. The number of carboxylic acids is 2. The van der Waals surface area contributed by atoms with Gasteiger partial charge in [-0.15, -0.1) is 0 Å². The molecule has 0 spiro atoms. The first kappa shape index (κ1) is 13.8. The fourth-order valence-corrected chi connectivity index (χ4v) is 0.790. The van der Waals surface area contributed by atoms with Crippen LogP contribution in [0.1, 0.15) is 13.3 Å². The van der Waals surface area contributed by atoms with Gasteiger partial charge in [0, 0.05) is 0 Å². The molecule has 0 rings (SSSR count). The van der Waals surface area contributed by atoms with Crippen molar-refractivity contribution >= 4 is 17.7 Å². The highest BCUT2D eigenvalue weighted by atomic mass is 16.4. The molecule has 0 amide bonds. The van der Waals surface area contributed by atoms with Crippen molar-refractivity contribution in [1.29, 1.82) is 0 Å². The fourth-order valence-electron chi connectivity index (χ4n) is 0.790. The molecule has 0 aromatic rings. The number of carboxylic acid groups (broad SMARTS) is 2. The minimum absolute atomic E-state index is 0.770. The van der Waals surface area contributed by atoms with Crippen molar-refractivity contribution in [1.82, 2.24) is 0 Å². The zero-order valence-electron chi connectivity index (χ0n) is 8.71. The molecule has 0 radical (unpaired) electrons. The number of aliphatic carboxylic acids is 2. The molecule has 2 N–H and O–H groups in total. The van der Waals surface area contributed by atoms with E-state index < -0.39 is 23.3 Å². The SMILES string of the molecule is CCC=CC=CC=C(C(=O)O)C(=O)C(=O)O. The lowest BCUT2D eigenvalue weighted by molar-refractivity contribution is -0.149. The van der Waals surface area contributed by atoms with Gasteiger partial charge >= 0.3 is 11.9 Å². The summed E-state index contributed by atoms with van der Waals surface area (Å²) in [4.78, 5) is 31.8. The Morgan fingerprint density at radius 1 is 1.00 bits per heavy atom. The molecular weight excluding hydrogens is 212 g/mol. The van der Waals surface area contributed by atoms with Gasteiger partial charge in [-0.25, -0.2) is 9.59 Å². The zero-order valence-corrected chi connectivity index (χ0v) is 8.71. The van der Waals surface area contributed by atoms with Crippen LogP contribution in [0.5, 0.6) is 0 Å². The summed E-state index contributed by atoms with van der Waals surface area (Å²) in [5.41, 5.74) is -0.770. The van der Waals surface area contributed by atoms with Crippen molar-refractivity contribution in [3.05, 3.63) is 36.0 Å². The van der Waals surface area contributed by atoms with E-state index in [1.54, 1.807) is 6.08 Å². The number of allylic oxidation sites excluding steroid dienone is 5. The van der Waals surface area contributed by atoms with Crippen LogP contribution >= 0.6 is 0 Å². The van der Waals surface area contributed by atoms with Gasteiger partial charge in [0.1, 0.15) is 5.57 Å². The molecular formula is C11H12O5. The molecule has 0 unspecified atom stereocenters. The lowest BCUT2D eigenvalue weighted by Crippen LogP contribution is -2.20. The Bertz CT molecular complexity index is 374. The molecule has 0 aliphatic carbocycles. The molecule has 0 heterocycles. The van der Waals surface area contributed by atoms with Gasteiger partial charge in [-0.1, -0.05) is 31.2 Å². The van der Waals surface area contributed by atoms with Gasteiger partial charge in [-0.3, -0.25) is 4.79 Å². The Morgan fingerprint density at radius 3 is 2.06 bits per heavy atom. The van der Waals surface area contributed by atoms with Crippen LogP contribution in [-0.2, 0) is 14.4 Å². The largest absolute Gasteiger partial charge is 0.478 e. The van der Waals surface area contributed by atoms with Crippen LogP contribution in [0.25, 0.3) is 0 Å². The van der Waals surface area contributed by atoms with Gasteiger partial charge in [-0.05, 0) is 12.5 Å². The quantitative estimate of drug-likeness (QED) is 0.232. The van der Waals surface area contributed by atoms with E-state index in [4.69, 9.17) is 10.2 Å². The Labute approximate surface area is 92.4 Å². The van der Waals surface area contributed by atoms with Crippen molar-refractivity contribution in [3.63, 3.8) is 0 Å². The molecule has 0 fully saturated rings. The monoisotopic (exact) mass is 224 g/mol. The minimum atomic E-state index is -1.79. The van der Waals surface area contributed by atoms with E-state index in [0.29, 0.717) is 0 Å². The number of hydrogen-bond donors (Lipinski definition) is 2. The van der Waals surface area contributed by atoms with E-state index >= 15 is 0 Å². The Morgan fingerprint density at radius 2 is 1.62 bits per heavy atom. The first-order valence-corrected chi connectivity index (χ1v) is 4.55. The predicted molar refractivity (Wildman–Crippen MR) is 56.9 cm³/mol. The van der Waals surface area contributed by atoms with Crippen LogP contribution in [0, 0.1) is 0 Å². The van der Waals surface area contributed by atoms with Gasteiger partial charge in [0.2, 0.25) is 0 Å². The average molecular weight is 224 g/mol. The first-order valence-electron chi connectivity index (χ1n) is 4.55. The number of rotatable bonds is 6. The Balaban J connectivity index is 4.80. The molecule has 0 aliphatic heterocycles. The smallest absolute Gasteiger partial charge is 0.377 e. The summed E-state index contributed by atoms with van der Waals surface area (Å²) in [6, 6.07) is 0. The molecule has 0 aliphatic rings. The van der Waals surface area contributed by atoms with E-state index in [-0.39, 0.29) is 0 Å². The van der Waals surface area contributed by atoms with Crippen LogP contribution in [0.3, 0.4) is 0 Å². The molecule has 16 heavy (non-hydrogen) atoms. The normalized spacial score (nSPS) is 12.2. The third-order valence-electron chi connectivity index (χ3n) is 1.53. The summed E-state index contributed by atoms with van der Waals surface area (Å²) in [5, 5.41) is 16.9. The van der Waals surface area contributed by atoms with Gasteiger partial charge in [-0.2, -0.15) is 0 Å². The number of hydrogen-bond acceptors (Lipinski definition) is 3. The summed E-state index contributed by atoms with van der Waals surface area (Å²) in [5.74, 6) is -4.78. The summed E-state index contributed by atoms with van der Waals surface area (Å²) in [7, 11) is 0. The van der Waals surface area contributed by atoms with Gasteiger partial charge in [0.05, 0.1) is 0 Å². The van der Waals surface area contributed by atoms with Crippen LogP contribution in [-0.4, -0.2) is 27.9 Å². The molecule has 5 nitrogen and oxygen atoms in total. The Kier molecular flexibility index (Phi) is 6.19.